The third kappa shape index (κ3) is 7.14. The number of ether oxygens (including phenoxy) is 3. The van der Waals surface area contributed by atoms with E-state index in [-0.39, 0.29) is 11.5 Å². The van der Waals surface area contributed by atoms with Crippen LogP contribution in [0.25, 0.3) is 10.9 Å². The van der Waals surface area contributed by atoms with Crippen molar-refractivity contribution in [1.82, 2.24) is 14.9 Å². The van der Waals surface area contributed by atoms with Gasteiger partial charge in [0.2, 0.25) is 5.88 Å². The van der Waals surface area contributed by atoms with Crippen LogP contribution in [-0.2, 0) is 0 Å². The topological polar surface area (TPSA) is 56.7 Å². The molecule has 200 valence electrons. The van der Waals surface area contributed by atoms with E-state index in [2.05, 4.69) is 73.9 Å². The molecule has 0 radical (unpaired) electrons. The second-order valence-electron chi connectivity index (χ2n) is 12.2. The third-order valence-corrected chi connectivity index (χ3v) is 7.00. The van der Waals surface area contributed by atoms with Crippen LogP contribution in [0.4, 0.5) is 0 Å². The van der Waals surface area contributed by atoms with Gasteiger partial charge in [0.25, 0.3) is 0 Å². The summed E-state index contributed by atoms with van der Waals surface area (Å²) in [6.45, 7) is 13.8. The van der Waals surface area contributed by atoms with Crippen LogP contribution >= 0.6 is 15.9 Å². The molecule has 0 spiro atoms. The number of nitrogens with zero attached hydrogens (tertiary/aromatic N) is 3. The molecule has 37 heavy (non-hydrogen) atoms. The first-order chi connectivity index (χ1) is 17.3. The molecule has 1 aliphatic carbocycles. The van der Waals surface area contributed by atoms with Crippen molar-refractivity contribution in [2.24, 2.45) is 5.41 Å². The van der Waals surface area contributed by atoms with E-state index in [1.165, 1.54) is 5.56 Å². The number of halogens is 1. The number of hydrogen-bond acceptors (Lipinski definition) is 6. The SMILES string of the molecule is C[C@H](Oc1c(Br)c(C2CC2)cc2c(OC(C)(C)C)nc(OCC(C)(C)CN(C)C)nc12)c1ccccc1. The number of aromatic nitrogens is 2. The van der Waals surface area contributed by atoms with Crippen LogP contribution < -0.4 is 14.2 Å². The summed E-state index contributed by atoms with van der Waals surface area (Å²) in [5.74, 6) is 1.72. The molecule has 1 aliphatic rings. The van der Waals surface area contributed by atoms with E-state index in [0.29, 0.717) is 35.7 Å². The highest BCUT2D eigenvalue weighted by molar-refractivity contribution is 9.10. The fraction of sp³-hybridized carbons (Fsp3) is 0.533. The maximum atomic E-state index is 6.65. The van der Waals surface area contributed by atoms with Crippen molar-refractivity contribution in [3.05, 3.63) is 52.0 Å². The van der Waals surface area contributed by atoms with Crippen LogP contribution in [-0.4, -0.2) is 47.7 Å². The summed E-state index contributed by atoms with van der Waals surface area (Å²) in [5, 5.41) is 0.843. The van der Waals surface area contributed by atoms with Gasteiger partial charge in [0.15, 0.2) is 5.75 Å². The lowest BCUT2D eigenvalue weighted by Crippen LogP contribution is -2.33. The molecule has 7 heteroatoms. The fourth-order valence-corrected chi connectivity index (χ4v) is 5.27. The molecule has 6 nitrogen and oxygen atoms in total. The van der Waals surface area contributed by atoms with Gasteiger partial charge in [-0.15, -0.1) is 0 Å². The van der Waals surface area contributed by atoms with Gasteiger partial charge in [-0.25, -0.2) is 0 Å². The maximum Gasteiger partial charge on any atom is 0.320 e. The smallest absolute Gasteiger partial charge is 0.320 e. The minimum atomic E-state index is -0.437. The summed E-state index contributed by atoms with van der Waals surface area (Å²) >= 11 is 3.88. The van der Waals surface area contributed by atoms with E-state index < -0.39 is 5.60 Å². The van der Waals surface area contributed by atoms with Crippen molar-refractivity contribution in [2.45, 2.75) is 72.0 Å². The van der Waals surface area contributed by atoms with Crippen molar-refractivity contribution in [3.8, 4) is 17.6 Å². The van der Waals surface area contributed by atoms with Crippen LogP contribution in [0, 0.1) is 5.41 Å². The molecule has 0 aliphatic heterocycles. The highest BCUT2D eigenvalue weighted by Gasteiger charge is 2.31. The number of benzene rings is 2. The Labute approximate surface area is 229 Å². The summed E-state index contributed by atoms with van der Waals surface area (Å²) in [5.41, 5.74) is 2.49. The minimum absolute atomic E-state index is 0.0789. The molecule has 0 N–H and O–H groups in total. The van der Waals surface area contributed by atoms with Crippen molar-refractivity contribution in [3.63, 3.8) is 0 Å². The van der Waals surface area contributed by atoms with E-state index in [9.17, 15) is 0 Å². The molecule has 0 saturated heterocycles. The standard InChI is InChI=1S/C30H40BrN3O3/c1-19(20-12-10-9-11-13-20)36-26-24(31)22(21-14-15-21)16-23-25(26)32-28(33-27(23)37-29(2,3)4)35-18-30(5,6)17-34(7)8/h9-13,16,19,21H,14-15,17-18H2,1-8H3/t19-/m0/s1. The summed E-state index contributed by atoms with van der Waals surface area (Å²) in [6, 6.07) is 12.7. The highest BCUT2D eigenvalue weighted by Crippen LogP contribution is 2.50. The van der Waals surface area contributed by atoms with Crippen LogP contribution in [0.2, 0.25) is 0 Å². The summed E-state index contributed by atoms with van der Waals surface area (Å²) in [4.78, 5) is 11.8. The molecular weight excluding hydrogens is 530 g/mol. The molecule has 1 aromatic heterocycles. The molecule has 2 aromatic carbocycles. The molecule has 0 bridgehead atoms. The number of fused-ring (bicyclic) bond motifs is 1. The molecule has 0 unspecified atom stereocenters. The summed E-state index contributed by atoms with van der Waals surface area (Å²) in [7, 11) is 4.13. The zero-order chi connectivity index (χ0) is 27.0. The molecule has 3 aromatic rings. The number of rotatable bonds is 10. The van der Waals surface area contributed by atoms with Crippen LogP contribution in [0.3, 0.4) is 0 Å². The Bertz CT molecular complexity index is 1230. The lowest BCUT2D eigenvalue weighted by Gasteiger charge is -2.28. The zero-order valence-electron chi connectivity index (χ0n) is 23.4. The molecule has 0 amide bonds. The molecular formula is C30H40BrN3O3. The normalized spacial score (nSPS) is 15.2. The Balaban J connectivity index is 1.82. The van der Waals surface area contributed by atoms with Crippen LogP contribution in [0.15, 0.2) is 40.9 Å². The van der Waals surface area contributed by atoms with Gasteiger partial charge < -0.3 is 19.1 Å². The zero-order valence-corrected chi connectivity index (χ0v) is 25.0. The summed E-state index contributed by atoms with van der Waals surface area (Å²) in [6.07, 6.45) is 2.16. The van der Waals surface area contributed by atoms with E-state index in [1.54, 1.807) is 0 Å². The fourth-order valence-electron chi connectivity index (χ4n) is 4.55. The van der Waals surface area contributed by atoms with Gasteiger partial charge >= 0.3 is 6.01 Å². The minimum Gasteiger partial charge on any atom is -0.483 e. The first-order valence-electron chi connectivity index (χ1n) is 13.1. The third-order valence-electron chi connectivity index (χ3n) is 6.18. The Morgan fingerprint density at radius 2 is 1.73 bits per heavy atom. The van der Waals surface area contributed by atoms with Crippen molar-refractivity contribution < 1.29 is 14.2 Å². The monoisotopic (exact) mass is 569 g/mol. The maximum absolute atomic E-state index is 6.65. The number of hydrogen-bond donors (Lipinski definition) is 0. The van der Waals surface area contributed by atoms with Crippen LogP contribution in [0.5, 0.6) is 17.6 Å². The Morgan fingerprint density at radius 3 is 2.32 bits per heavy atom. The first kappa shape index (κ1) is 27.6. The summed E-state index contributed by atoms with van der Waals surface area (Å²) < 4.78 is 20.2. The molecule has 1 atom stereocenters. The van der Waals surface area contributed by atoms with Crippen molar-refractivity contribution in [1.29, 1.82) is 0 Å². The predicted molar refractivity (Wildman–Crippen MR) is 153 cm³/mol. The Hall–Kier alpha value is -2.38. The predicted octanol–water partition coefficient (Wildman–Crippen LogP) is 7.55. The van der Waals surface area contributed by atoms with Gasteiger partial charge in [-0.05, 0) is 93.7 Å². The largest absolute Gasteiger partial charge is 0.483 e. The van der Waals surface area contributed by atoms with Gasteiger partial charge in [-0.3, -0.25) is 0 Å². The van der Waals surface area contributed by atoms with E-state index >= 15 is 0 Å². The van der Waals surface area contributed by atoms with Gasteiger partial charge in [0.05, 0.1) is 16.5 Å². The second-order valence-corrected chi connectivity index (χ2v) is 13.0. The average molecular weight is 571 g/mol. The molecule has 1 heterocycles. The lowest BCUT2D eigenvalue weighted by atomic mass is 9.94. The molecule has 4 rings (SSSR count). The molecule has 1 fully saturated rings. The van der Waals surface area contributed by atoms with Crippen molar-refractivity contribution in [2.75, 3.05) is 27.2 Å². The van der Waals surface area contributed by atoms with Gasteiger partial charge in [-0.2, -0.15) is 9.97 Å². The molecule has 1 saturated carbocycles. The van der Waals surface area contributed by atoms with Gasteiger partial charge in [0.1, 0.15) is 17.2 Å². The van der Waals surface area contributed by atoms with Crippen LogP contribution in [0.1, 0.15) is 77.5 Å². The highest BCUT2D eigenvalue weighted by atomic mass is 79.9. The average Bonchev–Trinajstić information content (AvgIpc) is 3.63. The van der Waals surface area contributed by atoms with Gasteiger partial charge in [0, 0.05) is 12.0 Å². The Kier molecular flexibility index (Phi) is 8.05. The van der Waals surface area contributed by atoms with Crippen molar-refractivity contribution >= 4 is 26.8 Å². The quantitative estimate of drug-likeness (QED) is 0.251. The van der Waals surface area contributed by atoms with E-state index in [4.69, 9.17) is 24.2 Å². The van der Waals surface area contributed by atoms with E-state index in [1.807, 2.05) is 39.0 Å². The first-order valence-corrected chi connectivity index (χ1v) is 13.8. The Morgan fingerprint density at radius 1 is 1.05 bits per heavy atom. The van der Waals surface area contributed by atoms with Gasteiger partial charge in [-0.1, -0.05) is 44.2 Å². The lowest BCUT2D eigenvalue weighted by molar-refractivity contribution is 0.116. The second kappa shape index (κ2) is 10.8. The van der Waals surface area contributed by atoms with E-state index in [0.717, 1.165) is 34.8 Å².